The molecule has 2 aliphatic rings. The lowest BCUT2D eigenvalue weighted by molar-refractivity contribution is -0.137. The minimum atomic E-state index is 0.0506. The molecule has 102 valence electrons. The molecular weight excluding hydrogens is 242 g/mol. The Balaban J connectivity index is 1.55. The molecule has 0 bridgehead atoms. The van der Waals surface area contributed by atoms with Crippen LogP contribution in [0, 0.1) is 5.92 Å². The number of hydrogen-bond donors (Lipinski definition) is 1. The van der Waals surface area contributed by atoms with Gasteiger partial charge in [0.25, 0.3) is 0 Å². The number of fused-ring (bicyclic) bond motifs is 1. The summed E-state index contributed by atoms with van der Waals surface area (Å²) in [5.74, 6) is 1.000. The summed E-state index contributed by atoms with van der Waals surface area (Å²) in [5.41, 5.74) is 2.27. The SMILES string of the molecule is O=C(COCC1CC1)N1CCc2ccc(O)cc2C1. The van der Waals surface area contributed by atoms with E-state index in [0.29, 0.717) is 12.5 Å². The molecule has 0 atom stereocenters. The minimum Gasteiger partial charge on any atom is -0.508 e. The third-order valence-corrected chi connectivity index (χ3v) is 3.83. The molecule has 19 heavy (non-hydrogen) atoms. The van der Waals surface area contributed by atoms with Crippen molar-refractivity contribution in [2.75, 3.05) is 19.8 Å². The Morgan fingerprint density at radius 1 is 1.37 bits per heavy atom. The van der Waals surface area contributed by atoms with Crippen LogP contribution in [0.15, 0.2) is 18.2 Å². The highest BCUT2D eigenvalue weighted by Crippen LogP contribution is 2.29. The molecule has 4 nitrogen and oxygen atoms in total. The summed E-state index contributed by atoms with van der Waals surface area (Å²) in [6.07, 6.45) is 3.33. The molecule has 1 saturated carbocycles. The predicted octanol–water partition coefficient (Wildman–Crippen LogP) is 1.70. The molecular formula is C15H19NO3. The fraction of sp³-hybridized carbons (Fsp3) is 0.533. The van der Waals surface area contributed by atoms with Gasteiger partial charge in [-0.05, 0) is 48.4 Å². The third kappa shape index (κ3) is 3.07. The molecule has 4 heteroatoms. The molecule has 1 amide bonds. The van der Waals surface area contributed by atoms with Gasteiger partial charge in [0, 0.05) is 13.1 Å². The summed E-state index contributed by atoms with van der Waals surface area (Å²) in [6, 6.07) is 5.39. The van der Waals surface area contributed by atoms with Gasteiger partial charge in [0.15, 0.2) is 0 Å². The Morgan fingerprint density at radius 2 is 2.21 bits per heavy atom. The second-order valence-corrected chi connectivity index (χ2v) is 5.48. The van der Waals surface area contributed by atoms with E-state index in [1.807, 2.05) is 11.0 Å². The molecule has 0 aromatic heterocycles. The van der Waals surface area contributed by atoms with E-state index in [-0.39, 0.29) is 18.3 Å². The zero-order valence-corrected chi connectivity index (χ0v) is 11.0. The predicted molar refractivity (Wildman–Crippen MR) is 70.8 cm³/mol. The number of benzene rings is 1. The Morgan fingerprint density at radius 3 is 3.00 bits per heavy atom. The molecule has 3 rings (SSSR count). The zero-order valence-electron chi connectivity index (χ0n) is 11.0. The van der Waals surface area contributed by atoms with Gasteiger partial charge in [0.2, 0.25) is 5.91 Å². The van der Waals surface area contributed by atoms with E-state index in [1.165, 1.54) is 18.4 Å². The topological polar surface area (TPSA) is 49.8 Å². The van der Waals surface area contributed by atoms with Crippen LogP contribution in [0.5, 0.6) is 5.75 Å². The average Bonchev–Trinajstić information content (AvgIpc) is 3.22. The highest BCUT2D eigenvalue weighted by Gasteiger charge is 2.24. The number of aromatic hydroxyl groups is 1. The van der Waals surface area contributed by atoms with Crippen molar-refractivity contribution in [2.24, 2.45) is 5.92 Å². The Labute approximate surface area is 113 Å². The van der Waals surface area contributed by atoms with E-state index in [2.05, 4.69) is 0 Å². The Hall–Kier alpha value is -1.55. The second kappa shape index (κ2) is 5.21. The number of phenols is 1. The monoisotopic (exact) mass is 261 g/mol. The van der Waals surface area contributed by atoms with Crippen molar-refractivity contribution >= 4 is 5.91 Å². The van der Waals surface area contributed by atoms with E-state index in [4.69, 9.17) is 4.74 Å². The second-order valence-electron chi connectivity index (χ2n) is 5.48. The van der Waals surface area contributed by atoms with Crippen LogP contribution in [0.2, 0.25) is 0 Å². The molecule has 0 spiro atoms. The molecule has 1 heterocycles. The van der Waals surface area contributed by atoms with E-state index in [1.54, 1.807) is 12.1 Å². The number of ether oxygens (including phenoxy) is 1. The molecule has 1 N–H and O–H groups in total. The van der Waals surface area contributed by atoms with E-state index in [9.17, 15) is 9.90 Å². The quantitative estimate of drug-likeness (QED) is 0.897. The van der Waals surface area contributed by atoms with Gasteiger partial charge in [-0.25, -0.2) is 0 Å². The first kappa shape index (κ1) is 12.5. The molecule has 0 radical (unpaired) electrons. The van der Waals surface area contributed by atoms with Crippen LogP contribution in [0.4, 0.5) is 0 Å². The fourth-order valence-electron chi connectivity index (χ4n) is 2.45. The minimum absolute atomic E-state index is 0.0506. The molecule has 0 saturated heterocycles. The van der Waals surface area contributed by atoms with Gasteiger partial charge in [-0.3, -0.25) is 4.79 Å². The summed E-state index contributed by atoms with van der Waals surface area (Å²) in [4.78, 5) is 13.8. The standard InChI is InChI=1S/C15H19NO3/c17-14-4-3-12-5-6-16(8-13(12)7-14)15(18)10-19-9-11-1-2-11/h3-4,7,11,17H,1-2,5-6,8-10H2. The highest BCUT2D eigenvalue weighted by molar-refractivity contribution is 5.77. The van der Waals surface area contributed by atoms with Gasteiger partial charge in [-0.15, -0.1) is 0 Å². The summed E-state index contributed by atoms with van der Waals surface area (Å²) < 4.78 is 5.44. The number of phenolic OH excluding ortho intramolecular Hbond substituents is 1. The van der Waals surface area contributed by atoms with Crippen molar-refractivity contribution in [3.8, 4) is 5.75 Å². The molecule has 1 aromatic carbocycles. The summed E-state index contributed by atoms with van der Waals surface area (Å²) in [7, 11) is 0. The number of hydrogen-bond acceptors (Lipinski definition) is 3. The van der Waals surface area contributed by atoms with Gasteiger partial charge >= 0.3 is 0 Å². The first-order valence-corrected chi connectivity index (χ1v) is 6.88. The molecule has 1 aliphatic heterocycles. The van der Waals surface area contributed by atoms with E-state index in [0.717, 1.165) is 25.1 Å². The maximum absolute atomic E-state index is 12.0. The first-order chi connectivity index (χ1) is 9.22. The van der Waals surface area contributed by atoms with Crippen LogP contribution in [0.25, 0.3) is 0 Å². The normalized spacial score (nSPS) is 18.2. The number of rotatable bonds is 4. The van der Waals surface area contributed by atoms with Crippen LogP contribution in [0.1, 0.15) is 24.0 Å². The number of nitrogens with zero attached hydrogens (tertiary/aromatic N) is 1. The molecule has 1 aliphatic carbocycles. The maximum atomic E-state index is 12.0. The number of carbonyl (C=O) groups is 1. The van der Waals surface area contributed by atoms with Gasteiger partial charge in [0.05, 0.1) is 6.61 Å². The lowest BCUT2D eigenvalue weighted by atomic mass is 9.99. The molecule has 0 unspecified atom stereocenters. The largest absolute Gasteiger partial charge is 0.508 e. The maximum Gasteiger partial charge on any atom is 0.248 e. The summed E-state index contributed by atoms with van der Waals surface area (Å²) >= 11 is 0. The molecule has 1 fully saturated rings. The van der Waals surface area contributed by atoms with Crippen molar-refractivity contribution in [1.29, 1.82) is 0 Å². The Kier molecular flexibility index (Phi) is 3.42. The number of amides is 1. The fourth-order valence-corrected chi connectivity index (χ4v) is 2.45. The Bertz CT molecular complexity index is 482. The van der Waals surface area contributed by atoms with Crippen LogP contribution in [-0.4, -0.2) is 35.7 Å². The average molecular weight is 261 g/mol. The lowest BCUT2D eigenvalue weighted by Crippen LogP contribution is -2.38. The highest BCUT2D eigenvalue weighted by atomic mass is 16.5. The van der Waals surface area contributed by atoms with Crippen molar-refractivity contribution in [1.82, 2.24) is 4.90 Å². The number of carbonyl (C=O) groups excluding carboxylic acids is 1. The molecule has 1 aromatic rings. The van der Waals surface area contributed by atoms with Crippen LogP contribution in [-0.2, 0) is 22.5 Å². The van der Waals surface area contributed by atoms with E-state index >= 15 is 0 Å². The van der Waals surface area contributed by atoms with Gasteiger partial charge < -0.3 is 14.7 Å². The van der Waals surface area contributed by atoms with Crippen LogP contribution in [0.3, 0.4) is 0 Å². The van der Waals surface area contributed by atoms with Gasteiger partial charge in [0.1, 0.15) is 12.4 Å². The summed E-state index contributed by atoms with van der Waals surface area (Å²) in [5, 5.41) is 9.49. The van der Waals surface area contributed by atoms with Crippen molar-refractivity contribution in [3.63, 3.8) is 0 Å². The lowest BCUT2D eigenvalue weighted by Gasteiger charge is -2.29. The van der Waals surface area contributed by atoms with Gasteiger partial charge in [-0.2, -0.15) is 0 Å². The van der Waals surface area contributed by atoms with Crippen molar-refractivity contribution < 1.29 is 14.6 Å². The van der Waals surface area contributed by atoms with Crippen molar-refractivity contribution in [2.45, 2.75) is 25.8 Å². The smallest absolute Gasteiger partial charge is 0.248 e. The third-order valence-electron chi connectivity index (χ3n) is 3.83. The summed E-state index contributed by atoms with van der Waals surface area (Å²) in [6.45, 7) is 2.22. The van der Waals surface area contributed by atoms with Crippen molar-refractivity contribution in [3.05, 3.63) is 29.3 Å². The zero-order chi connectivity index (χ0) is 13.2. The first-order valence-electron chi connectivity index (χ1n) is 6.88. The van der Waals surface area contributed by atoms with E-state index < -0.39 is 0 Å². The van der Waals surface area contributed by atoms with Gasteiger partial charge in [-0.1, -0.05) is 6.07 Å². The van der Waals surface area contributed by atoms with Crippen LogP contribution < -0.4 is 0 Å². The van der Waals surface area contributed by atoms with Crippen LogP contribution >= 0.6 is 0 Å².